The van der Waals surface area contributed by atoms with Crippen LogP contribution < -0.4 is 0 Å². The van der Waals surface area contributed by atoms with Crippen molar-refractivity contribution in [3.63, 3.8) is 0 Å². The summed E-state index contributed by atoms with van der Waals surface area (Å²) in [7, 11) is 0. The molecule has 2 rings (SSSR count). The molecule has 60 valence electrons. The fraction of sp³-hybridized carbons (Fsp3) is 0. The van der Waals surface area contributed by atoms with E-state index in [9.17, 15) is 0 Å². The van der Waals surface area contributed by atoms with Gasteiger partial charge in [0.05, 0.1) is 11.4 Å². The molecule has 0 saturated heterocycles. The summed E-state index contributed by atoms with van der Waals surface area (Å²) in [4.78, 5) is 10.9. The summed E-state index contributed by atoms with van der Waals surface area (Å²) in [6.07, 6.45) is 3.47. The van der Waals surface area contributed by atoms with Gasteiger partial charge in [-0.05, 0) is 29.8 Å². The first-order valence-electron chi connectivity index (χ1n) is 3.48. The van der Waals surface area contributed by atoms with Crippen LogP contribution >= 0.6 is 11.6 Å². The molecule has 0 bridgehead atoms. The molecular formula is C8H6ClN3. The Morgan fingerprint density at radius 2 is 2.25 bits per heavy atom. The van der Waals surface area contributed by atoms with Crippen LogP contribution in [0.1, 0.15) is 0 Å². The highest BCUT2D eigenvalue weighted by atomic mass is 35.5. The summed E-state index contributed by atoms with van der Waals surface area (Å²) in [6, 6.07) is 5.64. The lowest BCUT2D eigenvalue weighted by atomic mass is 10.3. The van der Waals surface area contributed by atoms with Gasteiger partial charge in [-0.3, -0.25) is 0 Å². The van der Waals surface area contributed by atoms with Crippen LogP contribution in [0.2, 0.25) is 5.28 Å². The molecule has 0 saturated carbocycles. The number of nitrogens with zero attached hydrogens (tertiary/aromatic N) is 2. The van der Waals surface area contributed by atoms with Gasteiger partial charge in [-0.15, -0.1) is 0 Å². The fourth-order valence-electron chi connectivity index (χ4n) is 0.975. The van der Waals surface area contributed by atoms with Gasteiger partial charge in [-0.2, -0.15) is 0 Å². The molecule has 0 aliphatic rings. The van der Waals surface area contributed by atoms with Crippen LogP contribution in [0, 0.1) is 0 Å². The average molecular weight is 180 g/mol. The second-order valence-corrected chi connectivity index (χ2v) is 2.63. The third-order valence-corrected chi connectivity index (χ3v) is 1.68. The van der Waals surface area contributed by atoms with Crippen LogP contribution in [0.15, 0.2) is 30.6 Å². The molecule has 12 heavy (non-hydrogen) atoms. The van der Waals surface area contributed by atoms with Gasteiger partial charge in [0.1, 0.15) is 0 Å². The molecule has 2 aromatic heterocycles. The summed E-state index contributed by atoms with van der Waals surface area (Å²) in [6.45, 7) is 0. The first-order chi connectivity index (χ1) is 5.86. The molecule has 0 fully saturated rings. The van der Waals surface area contributed by atoms with Gasteiger partial charge in [-0.25, -0.2) is 9.97 Å². The van der Waals surface area contributed by atoms with E-state index in [2.05, 4.69) is 15.0 Å². The van der Waals surface area contributed by atoms with E-state index in [-0.39, 0.29) is 5.28 Å². The van der Waals surface area contributed by atoms with Crippen molar-refractivity contribution in [2.24, 2.45) is 0 Å². The normalized spacial score (nSPS) is 10.1. The van der Waals surface area contributed by atoms with Crippen molar-refractivity contribution in [2.75, 3.05) is 0 Å². The predicted octanol–water partition coefficient (Wildman–Crippen LogP) is 2.13. The number of aromatic nitrogens is 3. The van der Waals surface area contributed by atoms with E-state index in [0.29, 0.717) is 0 Å². The lowest BCUT2D eigenvalue weighted by Crippen LogP contribution is -1.85. The van der Waals surface area contributed by atoms with E-state index in [1.165, 1.54) is 0 Å². The number of nitrogens with one attached hydrogen (secondary N) is 1. The Morgan fingerprint density at radius 1 is 1.33 bits per heavy atom. The van der Waals surface area contributed by atoms with Gasteiger partial charge in [0.15, 0.2) is 0 Å². The minimum atomic E-state index is 0.266. The van der Waals surface area contributed by atoms with E-state index in [0.717, 1.165) is 11.4 Å². The highest BCUT2D eigenvalue weighted by Crippen LogP contribution is 2.14. The standard InChI is InChI=1S/C8H6ClN3/c9-8-11-5-3-7(12-8)6-2-1-4-10-6/h1-5,10H. The first kappa shape index (κ1) is 7.31. The van der Waals surface area contributed by atoms with Crippen LogP contribution in [-0.4, -0.2) is 15.0 Å². The van der Waals surface area contributed by atoms with E-state index in [1.807, 2.05) is 18.3 Å². The average Bonchev–Trinajstić information content (AvgIpc) is 2.56. The highest BCUT2D eigenvalue weighted by Gasteiger charge is 1.99. The molecule has 0 amide bonds. The maximum Gasteiger partial charge on any atom is 0.222 e. The van der Waals surface area contributed by atoms with E-state index < -0.39 is 0 Å². The molecule has 0 radical (unpaired) electrons. The van der Waals surface area contributed by atoms with Gasteiger partial charge >= 0.3 is 0 Å². The molecule has 3 nitrogen and oxygen atoms in total. The summed E-state index contributed by atoms with van der Waals surface area (Å²) in [5.41, 5.74) is 1.75. The molecule has 0 aromatic carbocycles. The minimum Gasteiger partial charge on any atom is -0.360 e. The van der Waals surface area contributed by atoms with Gasteiger partial charge in [0.25, 0.3) is 0 Å². The molecule has 0 atom stereocenters. The molecule has 0 spiro atoms. The third-order valence-electron chi connectivity index (χ3n) is 1.50. The molecule has 1 N–H and O–H groups in total. The van der Waals surface area contributed by atoms with Gasteiger partial charge in [0.2, 0.25) is 5.28 Å². The maximum absolute atomic E-state index is 5.63. The second kappa shape index (κ2) is 2.95. The van der Waals surface area contributed by atoms with Crippen LogP contribution in [0.5, 0.6) is 0 Å². The zero-order valence-electron chi connectivity index (χ0n) is 6.16. The SMILES string of the molecule is Clc1nccc(-c2ccc[nH]2)n1. The number of rotatable bonds is 1. The first-order valence-corrected chi connectivity index (χ1v) is 3.86. The Balaban J connectivity index is 2.48. The summed E-state index contributed by atoms with van der Waals surface area (Å²) in [5.74, 6) is 0. The molecule has 0 unspecified atom stereocenters. The second-order valence-electron chi connectivity index (χ2n) is 2.29. The fourth-order valence-corrected chi connectivity index (χ4v) is 1.12. The molecule has 4 heteroatoms. The molecule has 0 aliphatic heterocycles. The Hall–Kier alpha value is -1.35. The van der Waals surface area contributed by atoms with E-state index in [1.54, 1.807) is 12.3 Å². The van der Waals surface area contributed by atoms with Crippen LogP contribution in [0.25, 0.3) is 11.4 Å². The van der Waals surface area contributed by atoms with Crippen molar-refractivity contribution in [1.82, 2.24) is 15.0 Å². The Bertz CT molecular complexity index is 370. The van der Waals surface area contributed by atoms with Gasteiger partial charge in [-0.1, -0.05) is 0 Å². The number of hydrogen-bond acceptors (Lipinski definition) is 2. The smallest absolute Gasteiger partial charge is 0.222 e. The monoisotopic (exact) mass is 179 g/mol. The van der Waals surface area contributed by atoms with Crippen molar-refractivity contribution < 1.29 is 0 Å². The minimum absolute atomic E-state index is 0.266. The molecule has 2 heterocycles. The van der Waals surface area contributed by atoms with Gasteiger partial charge in [0, 0.05) is 12.4 Å². The summed E-state index contributed by atoms with van der Waals surface area (Å²) in [5, 5.41) is 0.266. The number of aromatic amines is 1. The van der Waals surface area contributed by atoms with Crippen LogP contribution in [-0.2, 0) is 0 Å². The number of halogens is 1. The van der Waals surface area contributed by atoms with E-state index >= 15 is 0 Å². The topological polar surface area (TPSA) is 41.6 Å². The summed E-state index contributed by atoms with van der Waals surface area (Å²) >= 11 is 5.63. The molecule has 2 aromatic rings. The Morgan fingerprint density at radius 3 is 2.92 bits per heavy atom. The third kappa shape index (κ3) is 1.31. The number of H-pyrrole nitrogens is 1. The van der Waals surface area contributed by atoms with E-state index in [4.69, 9.17) is 11.6 Å². The maximum atomic E-state index is 5.63. The zero-order chi connectivity index (χ0) is 8.39. The number of hydrogen-bond donors (Lipinski definition) is 1. The largest absolute Gasteiger partial charge is 0.360 e. The zero-order valence-corrected chi connectivity index (χ0v) is 6.92. The molecule has 0 aliphatic carbocycles. The highest BCUT2D eigenvalue weighted by molar-refractivity contribution is 6.28. The van der Waals surface area contributed by atoms with Crippen molar-refractivity contribution in [1.29, 1.82) is 0 Å². The Labute approximate surface area is 74.4 Å². The predicted molar refractivity (Wildman–Crippen MR) is 46.8 cm³/mol. The summed E-state index contributed by atoms with van der Waals surface area (Å²) < 4.78 is 0. The van der Waals surface area contributed by atoms with Crippen molar-refractivity contribution in [3.05, 3.63) is 35.9 Å². The van der Waals surface area contributed by atoms with Crippen molar-refractivity contribution in [2.45, 2.75) is 0 Å². The van der Waals surface area contributed by atoms with Crippen molar-refractivity contribution >= 4 is 11.6 Å². The Kier molecular flexibility index (Phi) is 1.80. The van der Waals surface area contributed by atoms with Gasteiger partial charge < -0.3 is 4.98 Å². The molecular weight excluding hydrogens is 174 g/mol. The van der Waals surface area contributed by atoms with Crippen LogP contribution in [0.4, 0.5) is 0 Å². The van der Waals surface area contributed by atoms with Crippen LogP contribution in [0.3, 0.4) is 0 Å². The lowest BCUT2D eigenvalue weighted by Gasteiger charge is -1.95. The lowest BCUT2D eigenvalue weighted by molar-refractivity contribution is 1.16. The quantitative estimate of drug-likeness (QED) is 0.682. The van der Waals surface area contributed by atoms with Crippen molar-refractivity contribution in [3.8, 4) is 11.4 Å².